The van der Waals surface area contributed by atoms with Crippen molar-refractivity contribution in [1.29, 1.82) is 0 Å². The Morgan fingerprint density at radius 1 is 1.40 bits per heavy atom. The average molecular weight is 279 g/mol. The lowest BCUT2D eigenvalue weighted by atomic mass is 10.1. The first-order chi connectivity index (χ1) is 9.54. The third-order valence-corrected chi connectivity index (χ3v) is 3.52. The summed E-state index contributed by atoms with van der Waals surface area (Å²) in [4.78, 5) is 22.6. The Labute approximate surface area is 112 Å². The van der Waals surface area contributed by atoms with Crippen LogP contribution in [0.15, 0.2) is 17.1 Å². The van der Waals surface area contributed by atoms with Crippen molar-refractivity contribution >= 4 is 17.4 Å². The predicted octanol–water partition coefficient (Wildman–Crippen LogP) is 2.46. The lowest BCUT2D eigenvalue weighted by Crippen LogP contribution is -2.14. The van der Waals surface area contributed by atoms with Crippen LogP contribution >= 0.6 is 0 Å². The zero-order valence-corrected chi connectivity index (χ0v) is 10.7. The van der Waals surface area contributed by atoms with Gasteiger partial charge in [-0.3, -0.25) is 9.59 Å². The van der Waals surface area contributed by atoms with Crippen molar-refractivity contribution in [2.45, 2.75) is 25.8 Å². The number of pyridine rings is 1. The molecule has 0 aliphatic heterocycles. The van der Waals surface area contributed by atoms with Crippen LogP contribution in [-0.4, -0.2) is 11.0 Å². The van der Waals surface area contributed by atoms with Crippen LogP contribution in [0.5, 0.6) is 5.75 Å². The van der Waals surface area contributed by atoms with Gasteiger partial charge in [0.15, 0.2) is 17.4 Å². The summed E-state index contributed by atoms with van der Waals surface area (Å²) in [5.74, 6) is -2.22. The van der Waals surface area contributed by atoms with Gasteiger partial charge in [0.2, 0.25) is 5.43 Å². The molecule has 1 aliphatic carbocycles. The van der Waals surface area contributed by atoms with Crippen LogP contribution in [0.1, 0.15) is 24.4 Å². The third-order valence-electron chi connectivity index (χ3n) is 3.52. The number of rotatable bonds is 3. The van der Waals surface area contributed by atoms with Gasteiger partial charge in [0.1, 0.15) is 0 Å². The number of benzene rings is 1. The number of aromatic nitrogens is 1. The van der Waals surface area contributed by atoms with Crippen molar-refractivity contribution in [3.05, 3.63) is 39.7 Å². The molecule has 1 fully saturated rings. The molecular weight excluding hydrogens is 268 g/mol. The number of ether oxygens (including phenoxy) is 1. The molecule has 1 aromatic carbocycles. The van der Waals surface area contributed by atoms with Crippen molar-refractivity contribution in [1.82, 2.24) is 4.57 Å². The molecule has 20 heavy (non-hydrogen) atoms. The van der Waals surface area contributed by atoms with Gasteiger partial charge in [-0.25, -0.2) is 8.78 Å². The molecule has 0 spiro atoms. The van der Waals surface area contributed by atoms with Crippen LogP contribution < -0.4 is 10.2 Å². The molecule has 0 N–H and O–H groups in total. The first-order valence-electron chi connectivity index (χ1n) is 6.18. The van der Waals surface area contributed by atoms with Gasteiger partial charge in [-0.05, 0) is 25.8 Å². The molecule has 0 saturated heterocycles. The summed E-state index contributed by atoms with van der Waals surface area (Å²) in [6.07, 6.45) is 3.16. The van der Waals surface area contributed by atoms with Crippen LogP contribution in [0.2, 0.25) is 0 Å². The Morgan fingerprint density at radius 3 is 2.70 bits per heavy atom. The summed E-state index contributed by atoms with van der Waals surface area (Å²) in [7, 11) is 0. The van der Waals surface area contributed by atoms with Crippen LogP contribution in [0.4, 0.5) is 8.78 Å². The Balaban J connectivity index is 2.45. The van der Waals surface area contributed by atoms with E-state index in [9.17, 15) is 18.4 Å². The second kappa shape index (κ2) is 4.40. The molecule has 2 aromatic rings. The van der Waals surface area contributed by atoms with Gasteiger partial charge in [0, 0.05) is 11.6 Å². The average Bonchev–Trinajstić information content (AvgIpc) is 3.24. The first-order valence-corrected chi connectivity index (χ1v) is 6.18. The number of hydrogen-bond acceptors (Lipinski definition) is 3. The van der Waals surface area contributed by atoms with Crippen LogP contribution in [-0.2, 0) is 4.79 Å². The highest BCUT2D eigenvalue weighted by molar-refractivity contribution is 5.84. The van der Waals surface area contributed by atoms with E-state index in [0.29, 0.717) is 5.52 Å². The molecule has 6 heteroatoms. The minimum atomic E-state index is -1.09. The number of fused-ring (bicyclic) bond motifs is 1. The highest BCUT2D eigenvalue weighted by Gasteiger charge is 2.28. The maximum Gasteiger partial charge on any atom is 0.298 e. The quantitative estimate of drug-likeness (QED) is 0.811. The van der Waals surface area contributed by atoms with Crippen LogP contribution in [0, 0.1) is 18.6 Å². The fraction of sp³-hybridized carbons (Fsp3) is 0.286. The van der Waals surface area contributed by atoms with E-state index in [1.165, 1.54) is 13.1 Å². The number of carbonyl (C=O) groups excluding carboxylic acids is 1. The molecule has 3 rings (SSSR count). The lowest BCUT2D eigenvalue weighted by molar-refractivity contribution is -0.120. The Hall–Kier alpha value is -2.24. The van der Waals surface area contributed by atoms with Crippen molar-refractivity contribution in [2.75, 3.05) is 0 Å². The van der Waals surface area contributed by atoms with E-state index in [4.69, 9.17) is 0 Å². The maximum absolute atomic E-state index is 13.7. The summed E-state index contributed by atoms with van der Waals surface area (Å²) in [6.45, 7) is 1.58. The maximum atomic E-state index is 13.7. The van der Waals surface area contributed by atoms with Crippen molar-refractivity contribution in [3.63, 3.8) is 0 Å². The van der Waals surface area contributed by atoms with E-state index < -0.39 is 17.1 Å². The summed E-state index contributed by atoms with van der Waals surface area (Å²) in [6, 6.07) is 0.979. The molecule has 1 aromatic heterocycles. The van der Waals surface area contributed by atoms with E-state index in [-0.39, 0.29) is 29.2 Å². The zero-order valence-electron chi connectivity index (χ0n) is 10.7. The molecule has 0 atom stereocenters. The van der Waals surface area contributed by atoms with Crippen molar-refractivity contribution in [2.24, 2.45) is 0 Å². The SMILES string of the molecule is Cc1c(F)c(F)cc2c(=O)c(OC=O)cn(C3CC3)c12. The lowest BCUT2D eigenvalue weighted by Gasteiger charge is -2.14. The highest BCUT2D eigenvalue weighted by Crippen LogP contribution is 2.38. The Morgan fingerprint density at radius 2 is 2.10 bits per heavy atom. The summed E-state index contributed by atoms with van der Waals surface area (Å²) < 4.78 is 33.6. The fourth-order valence-corrected chi connectivity index (χ4v) is 2.41. The van der Waals surface area contributed by atoms with Gasteiger partial charge < -0.3 is 9.30 Å². The molecule has 0 unspecified atom stereocenters. The van der Waals surface area contributed by atoms with Crippen molar-refractivity contribution < 1.29 is 18.3 Å². The van der Waals surface area contributed by atoms with Gasteiger partial charge in [-0.15, -0.1) is 0 Å². The zero-order chi connectivity index (χ0) is 14.4. The summed E-state index contributed by atoms with van der Waals surface area (Å²) in [5.41, 5.74) is -0.178. The summed E-state index contributed by atoms with van der Waals surface area (Å²) in [5, 5.41) is 0.0210. The Kier molecular flexibility index (Phi) is 2.81. The first kappa shape index (κ1) is 12.8. The Bertz CT molecular complexity index is 778. The minimum absolute atomic E-state index is 0.0210. The summed E-state index contributed by atoms with van der Waals surface area (Å²) >= 11 is 0. The number of nitrogens with zero attached hydrogens (tertiary/aromatic N) is 1. The normalized spacial score (nSPS) is 14.6. The molecule has 0 bridgehead atoms. The molecule has 1 saturated carbocycles. The fourth-order valence-electron chi connectivity index (χ4n) is 2.41. The van der Waals surface area contributed by atoms with E-state index in [1.807, 2.05) is 0 Å². The topological polar surface area (TPSA) is 48.3 Å². The van der Waals surface area contributed by atoms with E-state index >= 15 is 0 Å². The van der Waals surface area contributed by atoms with Gasteiger partial charge in [-0.1, -0.05) is 0 Å². The smallest absolute Gasteiger partial charge is 0.298 e. The highest BCUT2D eigenvalue weighted by atomic mass is 19.2. The van der Waals surface area contributed by atoms with Gasteiger partial charge in [0.25, 0.3) is 6.47 Å². The molecule has 1 aliphatic rings. The third kappa shape index (κ3) is 1.79. The minimum Gasteiger partial charge on any atom is -0.423 e. The molecule has 1 heterocycles. The molecule has 104 valence electrons. The van der Waals surface area contributed by atoms with E-state index in [2.05, 4.69) is 4.74 Å². The number of halogens is 2. The van der Waals surface area contributed by atoms with Crippen molar-refractivity contribution in [3.8, 4) is 5.75 Å². The second-order valence-electron chi connectivity index (χ2n) is 4.87. The van der Waals surface area contributed by atoms with Crippen LogP contribution in [0.3, 0.4) is 0 Å². The predicted molar refractivity (Wildman–Crippen MR) is 67.8 cm³/mol. The van der Waals surface area contributed by atoms with Crippen LogP contribution in [0.25, 0.3) is 10.9 Å². The molecule has 0 radical (unpaired) electrons. The standard InChI is InChI=1S/C14H11F2NO3/c1-7-12(16)10(15)4-9-13(7)17(8-2-3-8)5-11(14(9)19)20-6-18/h4-6,8H,2-3H2,1H3. The van der Waals surface area contributed by atoms with Gasteiger partial charge in [-0.2, -0.15) is 0 Å². The number of carbonyl (C=O) groups is 1. The molecule has 0 amide bonds. The van der Waals surface area contributed by atoms with Gasteiger partial charge >= 0.3 is 0 Å². The van der Waals surface area contributed by atoms with Gasteiger partial charge in [0.05, 0.1) is 17.1 Å². The molecular formula is C14H11F2NO3. The van der Waals surface area contributed by atoms with E-state index in [1.54, 1.807) is 4.57 Å². The molecule has 4 nitrogen and oxygen atoms in total. The monoisotopic (exact) mass is 279 g/mol. The number of hydrogen-bond donors (Lipinski definition) is 0. The van der Waals surface area contributed by atoms with E-state index in [0.717, 1.165) is 18.9 Å². The second-order valence-corrected chi connectivity index (χ2v) is 4.87. The largest absolute Gasteiger partial charge is 0.423 e. The number of aryl methyl sites for hydroxylation is 1.